The molecule has 1 amide bonds. The lowest BCUT2D eigenvalue weighted by Gasteiger charge is -2.32. The van der Waals surface area contributed by atoms with Gasteiger partial charge in [0.25, 0.3) is 5.91 Å². The molecule has 0 aromatic carbocycles. The maximum absolute atomic E-state index is 13.6. The monoisotopic (exact) mass is 393 g/mol. The first-order valence-electron chi connectivity index (χ1n) is 8.09. The molecule has 3 aromatic heterocycles. The van der Waals surface area contributed by atoms with Gasteiger partial charge in [0.2, 0.25) is 0 Å². The topological polar surface area (TPSA) is 71.8 Å². The van der Waals surface area contributed by atoms with Crippen molar-refractivity contribution in [3.63, 3.8) is 0 Å². The quantitative estimate of drug-likeness (QED) is 0.698. The molecule has 140 valence electrons. The summed E-state index contributed by atoms with van der Waals surface area (Å²) in [6.07, 6.45) is -1.66. The first-order valence-corrected chi connectivity index (χ1v) is 8.97. The maximum Gasteiger partial charge on any atom is 0.410 e. The number of carbonyl (C=O) groups excluding carboxylic acids is 1. The fourth-order valence-electron chi connectivity index (χ4n) is 2.99. The number of aromatic nitrogens is 3. The van der Waals surface area contributed by atoms with Gasteiger partial charge in [-0.2, -0.15) is 18.3 Å². The minimum absolute atomic E-state index is 0.0876. The Balaban J connectivity index is 1.64. The van der Waals surface area contributed by atoms with Crippen molar-refractivity contribution in [2.75, 3.05) is 10.6 Å². The number of nitrogens with one attached hydrogen (secondary N) is 2. The van der Waals surface area contributed by atoms with Crippen LogP contribution in [0.1, 0.15) is 33.9 Å². The van der Waals surface area contributed by atoms with Crippen molar-refractivity contribution in [3.05, 3.63) is 58.7 Å². The number of fused-ring (bicyclic) bond motifs is 1. The molecule has 1 aliphatic heterocycles. The van der Waals surface area contributed by atoms with Gasteiger partial charge in [-0.05, 0) is 23.6 Å². The number of amides is 1. The van der Waals surface area contributed by atoms with E-state index in [9.17, 15) is 18.0 Å². The van der Waals surface area contributed by atoms with Crippen molar-refractivity contribution in [2.45, 2.75) is 24.7 Å². The smallest absolute Gasteiger partial charge is 0.363 e. The summed E-state index contributed by atoms with van der Waals surface area (Å²) in [6.45, 7) is 0. The van der Waals surface area contributed by atoms with Crippen molar-refractivity contribution in [1.82, 2.24) is 14.8 Å². The van der Waals surface area contributed by atoms with Crippen LogP contribution in [0, 0.1) is 0 Å². The fraction of sp³-hybridized carbons (Fsp3) is 0.235. The Labute approximate surface area is 156 Å². The number of rotatable bonds is 3. The molecule has 27 heavy (non-hydrogen) atoms. The molecule has 0 bridgehead atoms. The van der Waals surface area contributed by atoms with E-state index in [-0.39, 0.29) is 17.9 Å². The SMILES string of the molecule is O=C(Nc1ccncc1)c1cc2n(n1)[C@@H](C(F)(F)F)C[C@H](c1cccs1)N2. The van der Waals surface area contributed by atoms with Crippen molar-refractivity contribution in [3.8, 4) is 0 Å². The number of thiophene rings is 1. The molecule has 3 aromatic rings. The average molecular weight is 393 g/mol. The van der Waals surface area contributed by atoms with Crippen LogP contribution >= 0.6 is 11.3 Å². The summed E-state index contributed by atoms with van der Waals surface area (Å²) in [6, 6.07) is 5.80. The van der Waals surface area contributed by atoms with Gasteiger partial charge < -0.3 is 10.6 Å². The van der Waals surface area contributed by atoms with E-state index < -0.39 is 24.2 Å². The zero-order valence-electron chi connectivity index (χ0n) is 13.8. The normalized spacial score (nSPS) is 19.2. The predicted molar refractivity (Wildman–Crippen MR) is 94.8 cm³/mol. The van der Waals surface area contributed by atoms with Gasteiger partial charge in [-0.3, -0.25) is 9.78 Å². The molecular weight excluding hydrogens is 379 g/mol. The third kappa shape index (κ3) is 3.52. The number of hydrogen-bond acceptors (Lipinski definition) is 5. The minimum Gasteiger partial charge on any atom is -0.363 e. The van der Waals surface area contributed by atoms with E-state index in [2.05, 4.69) is 20.7 Å². The Kier molecular flexibility index (Phi) is 4.34. The van der Waals surface area contributed by atoms with E-state index in [4.69, 9.17) is 0 Å². The van der Waals surface area contributed by atoms with E-state index in [1.54, 1.807) is 24.3 Å². The second-order valence-corrected chi connectivity index (χ2v) is 7.03. The number of carbonyl (C=O) groups is 1. The van der Waals surface area contributed by atoms with Gasteiger partial charge in [0, 0.05) is 35.4 Å². The standard InChI is InChI=1S/C17H14F3N5OS/c18-17(19,20)14-8-11(13-2-1-7-27-13)23-15-9-12(24-25(14)15)16(26)22-10-3-5-21-6-4-10/h1-7,9,11,14,23H,8H2,(H,21,22,26)/t11-,14-/m1/s1. The second kappa shape index (κ2) is 6.69. The third-order valence-corrected chi connectivity index (χ3v) is 5.23. The van der Waals surface area contributed by atoms with Crippen LogP contribution in [0.25, 0.3) is 0 Å². The number of anilines is 2. The highest BCUT2D eigenvalue weighted by molar-refractivity contribution is 7.10. The lowest BCUT2D eigenvalue weighted by Crippen LogP contribution is -2.35. The summed E-state index contributed by atoms with van der Waals surface area (Å²) in [5.74, 6) is -0.416. The molecule has 0 unspecified atom stereocenters. The van der Waals surface area contributed by atoms with Crippen LogP contribution in [0.3, 0.4) is 0 Å². The molecule has 4 rings (SSSR count). The Hall–Kier alpha value is -2.88. The summed E-state index contributed by atoms with van der Waals surface area (Å²) in [5.41, 5.74) is 0.396. The first kappa shape index (κ1) is 17.5. The molecule has 0 fully saturated rings. The van der Waals surface area contributed by atoms with E-state index in [0.29, 0.717) is 5.69 Å². The van der Waals surface area contributed by atoms with E-state index in [1.165, 1.54) is 29.8 Å². The maximum atomic E-state index is 13.6. The number of halogens is 3. The van der Waals surface area contributed by atoms with Gasteiger partial charge in [-0.15, -0.1) is 11.3 Å². The number of pyridine rings is 1. The molecule has 10 heteroatoms. The summed E-state index contributed by atoms with van der Waals surface area (Å²) in [7, 11) is 0. The lowest BCUT2D eigenvalue weighted by molar-refractivity contribution is -0.173. The fourth-order valence-corrected chi connectivity index (χ4v) is 3.78. The molecule has 0 spiro atoms. The first-order chi connectivity index (χ1) is 12.9. The largest absolute Gasteiger partial charge is 0.410 e. The van der Waals surface area contributed by atoms with Gasteiger partial charge in [0.1, 0.15) is 5.82 Å². The zero-order chi connectivity index (χ0) is 19.0. The molecule has 2 atom stereocenters. The Morgan fingerprint density at radius 2 is 2.07 bits per heavy atom. The molecule has 4 heterocycles. The molecule has 0 aliphatic carbocycles. The van der Waals surface area contributed by atoms with Crippen LogP contribution in [0.2, 0.25) is 0 Å². The van der Waals surface area contributed by atoms with Crippen molar-refractivity contribution < 1.29 is 18.0 Å². The van der Waals surface area contributed by atoms with E-state index in [1.807, 2.05) is 5.38 Å². The van der Waals surface area contributed by atoms with Crippen LogP contribution in [0.4, 0.5) is 24.7 Å². The predicted octanol–water partition coefficient (Wildman–Crippen LogP) is 4.25. The molecule has 0 saturated carbocycles. The summed E-state index contributed by atoms with van der Waals surface area (Å²) < 4.78 is 41.7. The van der Waals surface area contributed by atoms with Gasteiger partial charge >= 0.3 is 6.18 Å². The molecule has 0 saturated heterocycles. The van der Waals surface area contributed by atoms with Gasteiger partial charge in [0.05, 0.1) is 6.04 Å². The average Bonchev–Trinajstić information content (AvgIpc) is 3.30. The Bertz CT molecular complexity index is 939. The van der Waals surface area contributed by atoms with Crippen LogP contribution < -0.4 is 10.6 Å². The van der Waals surface area contributed by atoms with Crippen LogP contribution in [-0.4, -0.2) is 26.8 Å². The van der Waals surface area contributed by atoms with Crippen LogP contribution in [0.5, 0.6) is 0 Å². The Morgan fingerprint density at radius 1 is 1.30 bits per heavy atom. The zero-order valence-corrected chi connectivity index (χ0v) is 14.6. The Morgan fingerprint density at radius 3 is 2.74 bits per heavy atom. The number of alkyl halides is 3. The molecule has 6 nitrogen and oxygen atoms in total. The molecule has 0 radical (unpaired) electrons. The highest BCUT2D eigenvalue weighted by Crippen LogP contribution is 2.44. The highest BCUT2D eigenvalue weighted by atomic mass is 32.1. The summed E-state index contributed by atoms with van der Waals surface area (Å²) in [4.78, 5) is 17.0. The van der Waals surface area contributed by atoms with Crippen molar-refractivity contribution in [2.24, 2.45) is 0 Å². The number of nitrogens with zero attached hydrogens (tertiary/aromatic N) is 3. The van der Waals surface area contributed by atoms with Gasteiger partial charge in [-0.1, -0.05) is 6.07 Å². The highest BCUT2D eigenvalue weighted by Gasteiger charge is 2.47. The number of hydrogen-bond donors (Lipinski definition) is 2. The van der Waals surface area contributed by atoms with Crippen LogP contribution in [-0.2, 0) is 0 Å². The van der Waals surface area contributed by atoms with E-state index in [0.717, 1.165) is 9.56 Å². The molecule has 2 N–H and O–H groups in total. The third-order valence-electron chi connectivity index (χ3n) is 4.25. The lowest BCUT2D eigenvalue weighted by atomic mass is 10.0. The van der Waals surface area contributed by atoms with E-state index >= 15 is 0 Å². The van der Waals surface area contributed by atoms with Gasteiger partial charge in [0.15, 0.2) is 11.7 Å². The van der Waals surface area contributed by atoms with Crippen LogP contribution in [0.15, 0.2) is 48.1 Å². The second-order valence-electron chi connectivity index (χ2n) is 6.05. The van der Waals surface area contributed by atoms with Crippen molar-refractivity contribution in [1.29, 1.82) is 0 Å². The van der Waals surface area contributed by atoms with Gasteiger partial charge in [-0.25, -0.2) is 4.68 Å². The summed E-state index contributed by atoms with van der Waals surface area (Å²) >= 11 is 1.39. The molecular formula is C17H14F3N5OS. The molecule has 1 aliphatic rings. The van der Waals surface area contributed by atoms with Crippen molar-refractivity contribution >= 4 is 28.7 Å². The minimum atomic E-state index is -4.47. The summed E-state index contributed by atoms with van der Waals surface area (Å²) in [5, 5.41) is 11.4.